The van der Waals surface area contributed by atoms with E-state index < -0.39 is 5.97 Å². The lowest BCUT2D eigenvalue weighted by atomic mass is 10.1. The summed E-state index contributed by atoms with van der Waals surface area (Å²) in [4.78, 5) is 19.4. The Hall–Kier alpha value is -2.96. The smallest absolute Gasteiger partial charge is 0.343 e. The molecular formula is C22H22N2O4. The van der Waals surface area contributed by atoms with Crippen molar-refractivity contribution in [2.24, 2.45) is 0 Å². The maximum Gasteiger partial charge on any atom is 0.343 e. The average Bonchev–Trinajstić information content (AvgIpc) is 2.76. The standard InChI is InChI=1S/C22H22N2O4/c1-26-18-7-4-16(5-8-18)22(25)28-20-9-6-17(15-24-11-13-27-14-12-24)19-3-2-10-23-21(19)20/h2-10H,11-15H2,1H3. The van der Waals surface area contributed by atoms with Gasteiger partial charge in [0, 0.05) is 31.2 Å². The van der Waals surface area contributed by atoms with Crippen LogP contribution in [0.25, 0.3) is 10.9 Å². The molecule has 3 aromatic rings. The van der Waals surface area contributed by atoms with Crippen LogP contribution in [0.1, 0.15) is 15.9 Å². The van der Waals surface area contributed by atoms with Gasteiger partial charge in [0.1, 0.15) is 11.3 Å². The Morgan fingerprint density at radius 1 is 1.11 bits per heavy atom. The zero-order valence-corrected chi connectivity index (χ0v) is 15.8. The van der Waals surface area contributed by atoms with Crippen molar-refractivity contribution in [1.82, 2.24) is 9.88 Å². The fourth-order valence-corrected chi connectivity index (χ4v) is 3.31. The van der Waals surface area contributed by atoms with E-state index in [1.165, 1.54) is 0 Å². The Kier molecular flexibility index (Phi) is 5.50. The topological polar surface area (TPSA) is 60.9 Å². The molecule has 0 aliphatic carbocycles. The van der Waals surface area contributed by atoms with Crippen molar-refractivity contribution in [3.05, 3.63) is 65.9 Å². The number of carbonyl (C=O) groups excluding carboxylic acids is 1. The lowest BCUT2D eigenvalue weighted by Crippen LogP contribution is -2.35. The molecule has 2 heterocycles. The number of morpholine rings is 1. The largest absolute Gasteiger partial charge is 0.497 e. The average molecular weight is 378 g/mol. The van der Waals surface area contributed by atoms with Gasteiger partial charge in [-0.3, -0.25) is 9.88 Å². The van der Waals surface area contributed by atoms with Gasteiger partial charge in [0.25, 0.3) is 0 Å². The first-order valence-corrected chi connectivity index (χ1v) is 9.27. The van der Waals surface area contributed by atoms with Gasteiger partial charge < -0.3 is 14.2 Å². The summed E-state index contributed by atoms with van der Waals surface area (Å²) in [6.07, 6.45) is 1.71. The SMILES string of the molecule is COc1ccc(C(=O)Oc2ccc(CN3CCOCC3)c3cccnc23)cc1. The van der Waals surface area contributed by atoms with Gasteiger partial charge >= 0.3 is 5.97 Å². The van der Waals surface area contributed by atoms with Crippen molar-refractivity contribution >= 4 is 16.9 Å². The molecule has 1 aliphatic rings. The van der Waals surface area contributed by atoms with E-state index in [0.29, 0.717) is 22.6 Å². The van der Waals surface area contributed by atoms with Crippen LogP contribution in [0, 0.1) is 0 Å². The second kappa shape index (κ2) is 8.37. The molecule has 144 valence electrons. The number of methoxy groups -OCH3 is 1. The number of hydrogen-bond donors (Lipinski definition) is 0. The van der Waals surface area contributed by atoms with Crippen LogP contribution < -0.4 is 9.47 Å². The van der Waals surface area contributed by atoms with Crippen molar-refractivity contribution in [2.45, 2.75) is 6.54 Å². The number of carbonyl (C=O) groups is 1. The van der Waals surface area contributed by atoms with Gasteiger partial charge in [0.15, 0.2) is 5.75 Å². The number of aromatic nitrogens is 1. The maximum absolute atomic E-state index is 12.5. The zero-order valence-electron chi connectivity index (χ0n) is 15.8. The van der Waals surface area contributed by atoms with Gasteiger partial charge in [-0.15, -0.1) is 0 Å². The lowest BCUT2D eigenvalue weighted by Gasteiger charge is -2.27. The Morgan fingerprint density at radius 2 is 1.89 bits per heavy atom. The highest BCUT2D eigenvalue weighted by atomic mass is 16.5. The third-order valence-electron chi connectivity index (χ3n) is 4.85. The van der Waals surface area contributed by atoms with Gasteiger partial charge in [-0.2, -0.15) is 0 Å². The fraction of sp³-hybridized carbons (Fsp3) is 0.273. The number of benzene rings is 2. The molecule has 28 heavy (non-hydrogen) atoms. The van der Waals surface area contributed by atoms with Crippen molar-refractivity contribution in [1.29, 1.82) is 0 Å². The van der Waals surface area contributed by atoms with Crippen LogP contribution in [0.4, 0.5) is 0 Å². The Balaban J connectivity index is 1.59. The molecule has 4 rings (SSSR count). The van der Waals surface area contributed by atoms with E-state index in [1.54, 1.807) is 37.6 Å². The van der Waals surface area contributed by atoms with E-state index in [4.69, 9.17) is 14.2 Å². The monoisotopic (exact) mass is 378 g/mol. The summed E-state index contributed by atoms with van der Waals surface area (Å²) in [6, 6.07) is 14.6. The quantitative estimate of drug-likeness (QED) is 0.502. The highest BCUT2D eigenvalue weighted by Crippen LogP contribution is 2.28. The van der Waals surface area contributed by atoms with E-state index in [0.717, 1.165) is 43.8 Å². The Labute approximate surface area is 163 Å². The third-order valence-corrected chi connectivity index (χ3v) is 4.85. The van der Waals surface area contributed by atoms with E-state index in [9.17, 15) is 4.79 Å². The van der Waals surface area contributed by atoms with Crippen molar-refractivity contribution in [3.8, 4) is 11.5 Å². The molecule has 1 saturated heterocycles. The van der Waals surface area contributed by atoms with Crippen molar-refractivity contribution < 1.29 is 19.0 Å². The number of hydrogen-bond acceptors (Lipinski definition) is 6. The second-order valence-electron chi connectivity index (χ2n) is 6.63. The van der Waals surface area contributed by atoms with Crippen LogP contribution in [0.5, 0.6) is 11.5 Å². The molecule has 6 nitrogen and oxygen atoms in total. The van der Waals surface area contributed by atoms with Gasteiger partial charge in [-0.25, -0.2) is 4.79 Å². The summed E-state index contributed by atoms with van der Waals surface area (Å²) in [5, 5.41) is 0.994. The molecular weight excluding hydrogens is 356 g/mol. The summed E-state index contributed by atoms with van der Waals surface area (Å²) in [6.45, 7) is 4.16. The van der Waals surface area contributed by atoms with Gasteiger partial charge in [-0.1, -0.05) is 12.1 Å². The minimum absolute atomic E-state index is 0.421. The highest BCUT2D eigenvalue weighted by molar-refractivity contribution is 5.95. The Bertz CT molecular complexity index is 966. The van der Waals surface area contributed by atoms with Gasteiger partial charge in [-0.05, 0) is 42.0 Å². The molecule has 6 heteroatoms. The second-order valence-corrected chi connectivity index (χ2v) is 6.63. The molecule has 0 radical (unpaired) electrons. The summed E-state index contributed by atoms with van der Waals surface area (Å²) in [5.41, 5.74) is 2.31. The summed E-state index contributed by atoms with van der Waals surface area (Å²) >= 11 is 0. The van der Waals surface area contributed by atoms with Crippen LogP contribution in [0.2, 0.25) is 0 Å². The van der Waals surface area contributed by atoms with Gasteiger partial charge in [0.05, 0.1) is 25.9 Å². The molecule has 0 spiro atoms. The predicted octanol–water partition coefficient (Wildman–Crippen LogP) is 3.29. The fourth-order valence-electron chi connectivity index (χ4n) is 3.31. The van der Waals surface area contributed by atoms with Gasteiger partial charge in [0.2, 0.25) is 0 Å². The van der Waals surface area contributed by atoms with Crippen LogP contribution in [0.3, 0.4) is 0 Å². The highest BCUT2D eigenvalue weighted by Gasteiger charge is 2.16. The molecule has 2 aromatic carbocycles. The summed E-state index contributed by atoms with van der Waals surface area (Å²) < 4.78 is 16.2. The Morgan fingerprint density at radius 3 is 2.64 bits per heavy atom. The van der Waals surface area contributed by atoms with E-state index in [-0.39, 0.29) is 0 Å². The maximum atomic E-state index is 12.5. The molecule has 1 aliphatic heterocycles. The van der Waals surface area contributed by atoms with E-state index >= 15 is 0 Å². The minimum Gasteiger partial charge on any atom is -0.497 e. The van der Waals surface area contributed by atoms with E-state index in [2.05, 4.69) is 9.88 Å². The first-order valence-electron chi connectivity index (χ1n) is 9.27. The molecule has 0 N–H and O–H groups in total. The number of pyridine rings is 1. The number of fused-ring (bicyclic) bond motifs is 1. The minimum atomic E-state index is -0.421. The first kappa shape index (κ1) is 18.4. The van der Waals surface area contributed by atoms with E-state index in [1.807, 2.05) is 24.3 Å². The third kappa shape index (κ3) is 3.98. The lowest BCUT2D eigenvalue weighted by molar-refractivity contribution is 0.0343. The van der Waals surface area contributed by atoms with Crippen LogP contribution >= 0.6 is 0 Å². The molecule has 1 fully saturated rings. The molecule has 0 amide bonds. The van der Waals surface area contributed by atoms with Crippen molar-refractivity contribution in [2.75, 3.05) is 33.4 Å². The normalized spacial score (nSPS) is 14.8. The number of esters is 1. The molecule has 1 aromatic heterocycles. The summed E-state index contributed by atoms with van der Waals surface area (Å²) in [5.74, 6) is 0.730. The van der Waals surface area contributed by atoms with Crippen LogP contribution in [-0.2, 0) is 11.3 Å². The summed E-state index contributed by atoms with van der Waals surface area (Å²) in [7, 11) is 1.59. The number of nitrogens with zero attached hydrogens (tertiary/aromatic N) is 2. The first-order chi connectivity index (χ1) is 13.7. The van der Waals surface area contributed by atoms with Crippen molar-refractivity contribution in [3.63, 3.8) is 0 Å². The molecule has 0 atom stereocenters. The zero-order chi connectivity index (χ0) is 19.3. The number of ether oxygens (including phenoxy) is 3. The van der Waals surface area contributed by atoms with Crippen LogP contribution in [-0.4, -0.2) is 49.3 Å². The molecule has 0 saturated carbocycles. The predicted molar refractivity (Wildman–Crippen MR) is 106 cm³/mol. The van der Waals surface area contributed by atoms with Crippen LogP contribution in [0.15, 0.2) is 54.7 Å². The molecule has 0 unspecified atom stereocenters. The molecule has 0 bridgehead atoms. The number of rotatable bonds is 5.